The number of methoxy groups -OCH3 is 1. The second kappa shape index (κ2) is 9.04. The Bertz CT molecular complexity index is 527. The summed E-state index contributed by atoms with van der Waals surface area (Å²) >= 11 is 0. The zero-order valence-electron chi connectivity index (χ0n) is 15.4. The van der Waals surface area contributed by atoms with Gasteiger partial charge in [-0.15, -0.1) is 0 Å². The minimum absolute atomic E-state index is 0.106. The fourth-order valence-electron chi connectivity index (χ4n) is 3.28. The Balaban J connectivity index is 1.85. The number of nitrogens with one attached hydrogen (secondary N) is 1. The van der Waals surface area contributed by atoms with E-state index < -0.39 is 0 Å². The number of benzene rings is 1. The summed E-state index contributed by atoms with van der Waals surface area (Å²) in [6.07, 6.45) is 2.09. The first-order valence-electron chi connectivity index (χ1n) is 8.90. The molecule has 1 N–H and O–H groups in total. The number of carbonyl (C=O) groups is 1. The quantitative estimate of drug-likeness (QED) is 0.831. The van der Waals surface area contributed by atoms with Crippen LogP contribution >= 0.6 is 0 Å². The number of likely N-dealkylation sites (N-methyl/N-ethyl adjacent to an activating group) is 1. The van der Waals surface area contributed by atoms with Crippen LogP contribution in [0.3, 0.4) is 0 Å². The van der Waals surface area contributed by atoms with Crippen LogP contribution in [0.2, 0.25) is 0 Å². The molecule has 5 heteroatoms. The van der Waals surface area contributed by atoms with E-state index in [-0.39, 0.29) is 11.9 Å². The lowest BCUT2D eigenvalue weighted by molar-refractivity contribution is -0.123. The van der Waals surface area contributed by atoms with Crippen molar-refractivity contribution in [1.29, 1.82) is 0 Å². The number of carbonyl (C=O) groups excluding carboxylic acids is 1. The number of piperidine rings is 1. The lowest BCUT2D eigenvalue weighted by atomic mass is 10.0. The van der Waals surface area contributed by atoms with Gasteiger partial charge < -0.3 is 15.0 Å². The van der Waals surface area contributed by atoms with Gasteiger partial charge in [-0.2, -0.15) is 0 Å². The van der Waals surface area contributed by atoms with Gasteiger partial charge in [-0.3, -0.25) is 9.69 Å². The highest BCUT2D eigenvalue weighted by Gasteiger charge is 2.22. The molecule has 1 fully saturated rings. The summed E-state index contributed by atoms with van der Waals surface area (Å²) in [4.78, 5) is 16.9. The molecule has 24 heavy (non-hydrogen) atoms. The Morgan fingerprint density at radius 1 is 1.38 bits per heavy atom. The maximum Gasteiger partial charge on any atom is 0.234 e. The van der Waals surface area contributed by atoms with Gasteiger partial charge in [0.2, 0.25) is 5.91 Å². The van der Waals surface area contributed by atoms with Crippen molar-refractivity contribution in [2.24, 2.45) is 0 Å². The Hall–Kier alpha value is -1.59. The van der Waals surface area contributed by atoms with E-state index in [0.29, 0.717) is 12.6 Å². The summed E-state index contributed by atoms with van der Waals surface area (Å²) in [5.41, 5.74) is 1.10. The first-order chi connectivity index (χ1) is 11.5. The number of rotatable bonds is 7. The number of para-hydroxylation sites is 1. The molecule has 134 valence electrons. The largest absolute Gasteiger partial charge is 0.496 e. The SMILES string of the molecule is CCN1CCC(NC(=O)CN(C)[C@@H](C)c2ccccc2OC)CC1. The van der Waals surface area contributed by atoms with Crippen LogP contribution < -0.4 is 10.1 Å². The Labute approximate surface area is 146 Å². The van der Waals surface area contributed by atoms with Gasteiger partial charge in [0.25, 0.3) is 0 Å². The Morgan fingerprint density at radius 3 is 2.67 bits per heavy atom. The molecule has 0 bridgehead atoms. The Kier molecular flexibility index (Phi) is 7.06. The van der Waals surface area contributed by atoms with Gasteiger partial charge >= 0.3 is 0 Å². The second-order valence-corrected chi connectivity index (χ2v) is 6.61. The van der Waals surface area contributed by atoms with Crippen molar-refractivity contribution >= 4 is 5.91 Å². The predicted molar refractivity (Wildman–Crippen MR) is 97.3 cm³/mol. The van der Waals surface area contributed by atoms with E-state index in [0.717, 1.165) is 43.8 Å². The van der Waals surface area contributed by atoms with E-state index in [1.807, 2.05) is 25.2 Å². The molecule has 1 amide bonds. The van der Waals surface area contributed by atoms with Gasteiger partial charge in [-0.25, -0.2) is 0 Å². The highest BCUT2D eigenvalue weighted by molar-refractivity contribution is 5.78. The van der Waals surface area contributed by atoms with E-state index >= 15 is 0 Å². The summed E-state index contributed by atoms with van der Waals surface area (Å²) in [6.45, 7) is 7.94. The third kappa shape index (κ3) is 4.95. The summed E-state index contributed by atoms with van der Waals surface area (Å²) in [5.74, 6) is 0.971. The first kappa shape index (κ1) is 18.7. The van der Waals surface area contributed by atoms with Gasteiger partial charge in [-0.05, 0) is 39.4 Å². The van der Waals surface area contributed by atoms with E-state index in [9.17, 15) is 4.79 Å². The van der Waals surface area contributed by atoms with Gasteiger partial charge in [-0.1, -0.05) is 25.1 Å². The molecule has 0 aliphatic carbocycles. The van der Waals surface area contributed by atoms with Crippen molar-refractivity contribution in [3.05, 3.63) is 29.8 Å². The predicted octanol–water partition coefficient (Wildman–Crippen LogP) is 2.29. The zero-order valence-corrected chi connectivity index (χ0v) is 15.4. The minimum Gasteiger partial charge on any atom is -0.496 e. The number of likely N-dealkylation sites (tertiary alicyclic amines) is 1. The van der Waals surface area contributed by atoms with Crippen molar-refractivity contribution in [1.82, 2.24) is 15.1 Å². The van der Waals surface area contributed by atoms with Crippen LogP contribution in [-0.2, 0) is 4.79 Å². The molecule has 1 aromatic rings. The number of hydrogen-bond donors (Lipinski definition) is 1. The second-order valence-electron chi connectivity index (χ2n) is 6.61. The van der Waals surface area contributed by atoms with Gasteiger partial charge in [0.1, 0.15) is 5.75 Å². The van der Waals surface area contributed by atoms with Crippen LogP contribution in [0.15, 0.2) is 24.3 Å². The molecule has 5 nitrogen and oxygen atoms in total. The number of hydrogen-bond acceptors (Lipinski definition) is 4. The summed E-state index contributed by atoms with van der Waals surface area (Å²) in [7, 11) is 3.66. The minimum atomic E-state index is 0.106. The monoisotopic (exact) mass is 333 g/mol. The van der Waals surface area contributed by atoms with Crippen molar-refractivity contribution in [3.63, 3.8) is 0 Å². The maximum absolute atomic E-state index is 12.4. The van der Waals surface area contributed by atoms with Crippen LogP contribution in [0.5, 0.6) is 5.75 Å². The average molecular weight is 333 g/mol. The van der Waals surface area contributed by atoms with Gasteiger partial charge in [0.15, 0.2) is 0 Å². The lowest BCUT2D eigenvalue weighted by Gasteiger charge is -2.32. The van der Waals surface area contributed by atoms with E-state index in [1.54, 1.807) is 7.11 Å². The van der Waals surface area contributed by atoms with E-state index in [4.69, 9.17) is 4.74 Å². The highest BCUT2D eigenvalue weighted by atomic mass is 16.5. The van der Waals surface area contributed by atoms with Crippen molar-refractivity contribution in [2.45, 2.75) is 38.8 Å². The zero-order chi connectivity index (χ0) is 17.5. The molecule has 1 saturated heterocycles. The fraction of sp³-hybridized carbons (Fsp3) is 0.632. The molecule has 0 aromatic heterocycles. The highest BCUT2D eigenvalue weighted by Crippen LogP contribution is 2.27. The van der Waals surface area contributed by atoms with Crippen LogP contribution in [0, 0.1) is 0 Å². The first-order valence-corrected chi connectivity index (χ1v) is 8.90. The molecule has 1 aliphatic heterocycles. The molecule has 1 atom stereocenters. The average Bonchev–Trinajstić information content (AvgIpc) is 2.61. The Morgan fingerprint density at radius 2 is 2.04 bits per heavy atom. The summed E-state index contributed by atoms with van der Waals surface area (Å²) in [5, 5.41) is 3.19. The standard InChI is InChI=1S/C19H31N3O2/c1-5-22-12-10-16(11-13-22)20-19(23)14-21(3)15(2)17-8-6-7-9-18(17)24-4/h6-9,15-16H,5,10-14H2,1-4H3,(H,20,23)/t15-/m0/s1. The van der Waals surface area contributed by atoms with Gasteiger partial charge in [0.05, 0.1) is 13.7 Å². The third-order valence-corrected chi connectivity index (χ3v) is 5.04. The number of ether oxygens (including phenoxy) is 1. The summed E-state index contributed by atoms with van der Waals surface area (Å²) < 4.78 is 5.43. The molecule has 0 spiro atoms. The van der Waals surface area contributed by atoms with Crippen molar-refractivity contribution < 1.29 is 9.53 Å². The normalized spacial score (nSPS) is 17.7. The molecule has 2 rings (SSSR count). The van der Waals surface area contributed by atoms with Crippen molar-refractivity contribution in [3.8, 4) is 5.75 Å². The van der Waals surface area contributed by atoms with Gasteiger partial charge in [0, 0.05) is 30.7 Å². The molecule has 1 heterocycles. The van der Waals surface area contributed by atoms with Crippen LogP contribution in [0.1, 0.15) is 38.3 Å². The number of amides is 1. The lowest BCUT2D eigenvalue weighted by Crippen LogP contribution is -2.47. The smallest absolute Gasteiger partial charge is 0.234 e. The molecule has 0 radical (unpaired) electrons. The van der Waals surface area contributed by atoms with Crippen LogP contribution in [-0.4, -0.2) is 62.1 Å². The number of nitrogens with zero attached hydrogens (tertiary/aromatic N) is 2. The van der Waals surface area contributed by atoms with E-state index in [1.165, 1.54) is 0 Å². The molecular formula is C19H31N3O2. The van der Waals surface area contributed by atoms with Crippen LogP contribution in [0.25, 0.3) is 0 Å². The molecule has 1 aliphatic rings. The summed E-state index contributed by atoms with van der Waals surface area (Å²) in [6, 6.07) is 8.41. The fourth-order valence-corrected chi connectivity index (χ4v) is 3.28. The van der Waals surface area contributed by atoms with Crippen LogP contribution in [0.4, 0.5) is 0 Å². The molecule has 0 unspecified atom stereocenters. The maximum atomic E-state index is 12.4. The van der Waals surface area contributed by atoms with E-state index in [2.05, 4.69) is 35.0 Å². The molecule has 1 aromatic carbocycles. The third-order valence-electron chi connectivity index (χ3n) is 5.04. The molecule has 0 saturated carbocycles. The topological polar surface area (TPSA) is 44.8 Å². The molecular weight excluding hydrogens is 302 g/mol. The van der Waals surface area contributed by atoms with Crippen molar-refractivity contribution in [2.75, 3.05) is 40.3 Å².